The standard InChI is InChI=1S/C15H25NO6/c1-3-20-13(17)10-11-16(15(19)21-4-2)22-14(18)12-8-6-5-7-9-12/h12H,3-11H2,1-2H3. The highest BCUT2D eigenvalue weighted by molar-refractivity contribution is 5.76. The summed E-state index contributed by atoms with van der Waals surface area (Å²) in [7, 11) is 0. The van der Waals surface area contributed by atoms with E-state index in [4.69, 9.17) is 14.3 Å². The monoisotopic (exact) mass is 315 g/mol. The fraction of sp³-hybridized carbons (Fsp3) is 0.800. The molecule has 1 amide bonds. The van der Waals surface area contributed by atoms with E-state index in [-0.39, 0.29) is 32.1 Å². The Kier molecular flexibility index (Phi) is 8.32. The number of hydroxylamine groups is 2. The minimum atomic E-state index is -0.768. The van der Waals surface area contributed by atoms with Gasteiger partial charge in [-0.3, -0.25) is 4.79 Å². The summed E-state index contributed by atoms with van der Waals surface area (Å²) in [5, 5.41) is 0.817. The van der Waals surface area contributed by atoms with Crippen LogP contribution in [-0.4, -0.2) is 42.9 Å². The van der Waals surface area contributed by atoms with Crippen molar-refractivity contribution < 1.29 is 28.7 Å². The fourth-order valence-corrected chi connectivity index (χ4v) is 2.32. The van der Waals surface area contributed by atoms with E-state index in [0.717, 1.165) is 37.2 Å². The maximum absolute atomic E-state index is 12.1. The zero-order valence-corrected chi connectivity index (χ0v) is 13.3. The molecule has 0 aliphatic heterocycles. The van der Waals surface area contributed by atoms with Gasteiger partial charge in [0.1, 0.15) is 0 Å². The molecule has 0 radical (unpaired) electrons. The van der Waals surface area contributed by atoms with Gasteiger partial charge in [-0.1, -0.05) is 19.3 Å². The summed E-state index contributed by atoms with van der Waals surface area (Å²) in [6.45, 7) is 3.71. The van der Waals surface area contributed by atoms with Gasteiger partial charge in [0.05, 0.1) is 32.1 Å². The lowest BCUT2D eigenvalue weighted by molar-refractivity contribution is -0.189. The molecule has 1 saturated carbocycles. The lowest BCUT2D eigenvalue weighted by atomic mass is 9.89. The zero-order valence-electron chi connectivity index (χ0n) is 13.3. The molecule has 0 heterocycles. The molecule has 22 heavy (non-hydrogen) atoms. The first-order valence-corrected chi connectivity index (χ1v) is 7.90. The molecule has 0 aromatic rings. The predicted octanol–water partition coefficient (Wildman–Crippen LogP) is 2.44. The number of carbonyl (C=O) groups is 3. The molecular weight excluding hydrogens is 290 g/mol. The molecule has 0 saturated heterocycles. The number of hydrogen-bond acceptors (Lipinski definition) is 6. The number of amides is 1. The SMILES string of the molecule is CCOC(=O)CCN(OC(=O)C1CCCCC1)C(=O)OCC. The Morgan fingerprint density at radius 2 is 1.64 bits per heavy atom. The maximum atomic E-state index is 12.1. The van der Waals surface area contributed by atoms with E-state index >= 15 is 0 Å². The van der Waals surface area contributed by atoms with E-state index in [1.54, 1.807) is 13.8 Å². The van der Waals surface area contributed by atoms with Crippen LogP contribution < -0.4 is 0 Å². The normalized spacial score (nSPS) is 15.0. The third-order valence-corrected chi connectivity index (χ3v) is 3.43. The fourth-order valence-electron chi connectivity index (χ4n) is 2.32. The summed E-state index contributed by atoms with van der Waals surface area (Å²) in [6.07, 6.45) is 3.82. The molecule has 0 spiro atoms. The van der Waals surface area contributed by atoms with Gasteiger partial charge >= 0.3 is 18.0 Å². The Morgan fingerprint density at radius 3 is 2.23 bits per heavy atom. The first-order valence-electron chi connectivity index (χ1n) is 7.90. The van der Waals surface area contributed by atoms with E-state index in [9.17, 15) is 14.4 Å². The Hall–Kier alpha value is -1.79. The van der Waals surface area contributed by atoms with E-state index in [0.29, 0.717) is 0 Å². The lowest BCUT2D eigenvalue weighted by Gasteiger charge is -2.24. The lowest BCUT2D eigenvalue weighted by Crippen LogP contribution is -2.38. The van der Waals surface area contributed by atoms with Crippen LogP contribution in [0.3, 0.4) is 0 Å². The van der Waals surface area contributed by atoms with Crippen molar-refractivity contribution in [1.82, 2.24) is 5.06 Å². The molecule has 126 valence electrons. The van der Waals surface area contributed by atoms with E-state index in [1.807, 2.05) is 0 Å². The van der Waals surface area contributed by atoms with E-state index in [1.165, 1.54) is 0 Å². The van der Waals surface area contributed by atoms with Gasteiger partial charge in [-0.05, 0) is 26.7 Å². The van der Waals surface area contributed by atoms with Crippen LogP contribution in [0, 0.1) is 5.92 Å². The van der Waals surface area contributed by atoms with Crippen LogP contribution in [0.4, 0.5) is 4.79 Å². The summed E-state index contributed by atoms with van der Waals surface area (Å²) in [4.78, 5) is 40.4. The summed E-state index contributed by atoms with van der Waals surface area (Å²) in [5.74, 6) is -1.07. The third-order valence-electron chi connectivity index (χ3n) is 3.43. The molecular formula is C15H25NO6. The van der Waals surface area contributed by atoms with Gasteiger partial charge in [-0.15, -0.1) is 5.06 Å². The number of carbonyl (C=O) groups excluding carboxylic acids is 3. The second-order valence-corrected chi connectivity index (χ2v) is 5.10. The minimum absolute atomic E-state index is 0.0510. The first kappa shape index (κ1) is 18.3. The summed E-state index contributed by atoms with van der Waals surface area (Å²) in [6, 6.07) is 0. The van der Waals surface area contributed by atoms with Crippen LogP contribution >= 0.6 is 0 Å². The molecule has 0 atom stereocenters. The molecule has 0 bridgehead atoms. The Labute approximate surface area is 130 Å². The second-order valence-electron chi connectivity index (χ2n) is 5.10. The Balaban J connectivity index is 2.54. The van der Waals surface area contributed by atoms with Crippen molar-refractivity contribution in [3.05, 3.63) is 0 Å². The predicted molar refractivity (Wildman–Crippen MR) is 77.6 cm³/mol. The van der Waals surface area contributed by atoms with Crippen molar-refractivity contribution in [3.8, 4) is 0 Å². The molecule has 0 aromatic carbocycles. The van der Waals surface area contributed by atoms with Crippen LogP contribution in [0.1, 0.15) is 52.4 Å². The van der Waals surface area contributed by atoms with Crippen molar-refractivity contribution in [2.24, 2.45) is 5.92 Å². The average Bonchev–Trinajstić information content (AvgIpc) is 2.52. The molecule has 0 N–H and O–H groups in total. The molecule has 7 nitrogen and oxygen atoms in total. The zero-order chi connectivity index (χ0) is 16.4. The molecule has 7 heteroatoms. The van der Waals surface area contributed by atoms with Crippen LogP contribution in [0.5, 0.6) is 0 Å². The van der Waals surface area contributed by atoms with Crippen molar-refractivity contribution in [3.63, 3.8) is 0 Å². The molecule has 1 fully saturated rings. The maximum Gasteiger partial charge on any atom is 0.443 e. The highest BCUT2D eigenvalue weighted by atomic mass is 16.8. The molecule has 0 aromatic heterocycles. The summed E-state index contributed by atoms with van der Waals surface area (Å²) < 4.78 is 9.64. The highest BCUT2D eigenvalue weighted by Gasteiger charge is 2.28. The van der Waals surface area contributed by atoms with Crippen molar-refractivity contribution >= 4 is 18.0 Å². The molecule has 1 aliphatic carbocycles. The van der Waals surface area contributed by atoms with Gasteiger partial charge in [0.15, 0.2) is 0 Å². The number of rotatable bonds is 6. The molecule has 1 rings (SSSR count). The smallest absolute Gasteiger partial charge is 0.443 e. The summed E-state index contributed by atoms with van der Waals surface area (Å²) >= 11 is 0. The third kappa shape index (κ3) is 6.32. The van der Waals surface area contributed by atoms with Crippen LogP contribution in [0.25, 0.3) is 0 Å². The van der Waals surface area contributed by atoms with Crippen LogP contribution in [0.15, 0.2) is 0 Å². The van der Waals surface area contributed by atoms with E-state index < -0.39 is 18.0 Å². The largest absolute Gasteiger partial charge is 0.466 e. The highest BCUT2D eigenvalue weighted by Crippen LogP contribution is 2.25. The van der Waals surface area contributed by atoms with Crippen LogP contribution in [0.2, 0.25) is 0 Å². The van der Waals surface area contributed by atoms with Crippen molar-refractivity contribution in [2.45, 2.75) is 52.4 Å². The van der Waals surface area contributed by atoms with Gasteiger partial charge in [-0.2, -0.15) is 0 Å². The van der Waals surface area contributed by atoms with Gasteiger partial charge in [0.25, 0.3) is 0 Å². The quantitative estimate of drug-likeness (QED) is 0.553. The minimum Gasteiger partial charge on any atom is -0.466 e. The van der Waals surface area contributed by atoms with Crippen molar-refractivity contribution in [2.75, 3.05) is 19.8 Å². The number of nitrogens with zero attached hydrogens (tertiary/aromatic N) is 1. The molecule has 1 aliphatic rings. The van der Waals surface area contributed by atoms with Crippen molar-refractivity contribution in [1.29, 1.82) is 0 Å². The number of ether oxygens (including phenoxy) is 2. The second kappa shape index (κ2) is 10.0. The Bertz CT molecular complexity index is 378. The Morgan fingerprint density at radius 1 is 1.00 bits per heavy atom. The number of esters is 1. The van der Waals surface area contributed by atoms with Gasteiger partial charge in [0, 0.05) is 0 Å². The van der Waals surface area contributed by atoms with Gasteiger partial charge in [0.2, 0.25) is 0 Å². The first-order chi connectivity index (χ1) is 10.6. The summed E-state index contributed by atoms with van der Waals surface area (Å²) in [5.41, 5.74) is 0. The van der Waals surface area contributed by atoms with Gasteiger partial charge < -0.3 is 14.3 Å². The van der Waals surface area contributed by atoms with Gasteiger partial charge in [-0.25, -0.2) is 9.59 Å². The van der Waals surface area contributed by atoms with Crippen LogP contribution in [-0.2, 0) is 23.9 Å². The van der Waals surface area contributed by atoms with E-state index in [2.05, 4.69) is 0 Å². The molecule has 0 unspecified atom stereocenters. The number of hydrogen-bond donors (Lipinski definition) is 0. The average molecular weight is 315 g/mol. The topological polar surface area (TPSA) is 82.1 Å².